The molecule has 2 fully saturated rings. The Kier molecular flexibility index (Phi) is 9.68. The molecule has 7 heteroatoms. The Morgan fingerprint density at radius 3 is 1.91 bits per heavy atom. The van der Waals surface area contributed by atoms with Gasteiger partial charge in [-0.05, 0) is 53.3 Å². The lowest BCUT2D eigenvalue weighted by atomic mass is 10.1. The molecule has 0 N–H and O–H groups in total. The SMILES string of the molecule is C#C[C@@]1(OC(C#C[Si](c2ccccc2)(c2ccccc2)C(C)(C)C)C=C)O[C@H](CO[Si](C)(C)C(C)(C)C)[C@H]2OC(C)(C)O[C@H]21. The first-order valence-corrected chi connectivity index (χ1v) is 20.4. The van der Waals surface area contributed by atoms with E-state index in [0.717, 1.165) is 0 Å². The molecule has 0 aliphatic carbocycles. The average Bonchev–Trinajstić information content (AvgIpc) is 3.42. The Morgan fingerprint density at radius 2 is 1.45 bits per heavy atom. The summed E-state index contributed by atoms with van der Waals surface area (Å²) in [6, 6.07) is 21.2. The Bertz CT molecular complexity index is 1370. The van der Waals surface area contributed by atoms with Gasteiger partial charge in [-0.1, -0.05) is 121 Å². The molecule has 236 valence electrons. The molecule has 2 aromatic rings. The van der Waals surface area contributed by atoms with Crippen LogP contribution in [-0.4, -0.2) is 59.0 Å². The highest BCUT2D eigenvalue weighted by Gasteiger charge is 2.64. The zero-order valence-corrected chi connectivity index (χ0v) is 30.2. The number of ether oxygens (including phenoxy) is 4. The molecule has 2 aliphatic heterocycles. The van der Waals surface area contributed by atoms with Crippen molar-refractivity contribution in [1.29, 1.82) is 0 Å². The third kappa shape index (κ3) is 6.57. The van der Waals surface area contributed by atoms with E-state index in [-0.39, 0.29) is 10.1 Å². The van der Waals surface area contributed by atoms with Crippen LogP contribution < -0.4 is 10.4 Å². The zero-order chi connectivity index (χ0) is 32.6. The van der Waals surface area contributed by atoms with E-state index in [1.807, 2.05) is 26.0 Å². The summed E-state index contributed by atoms with van der Waals surface area (Å²) in [5, 5.41) is 2.36. The number of fused-ring (bicyclic) bond motifs is 1. The molecule has 2 heterocycles. The molecular weight excluding hydrogens is 581 g/mol. The molecular formula is C37H50O5Si2. The normalized spacial score (nSPS) is 25.8. The number of hydrogen-bond donors (Lipinski definition) is 0. The molecule has 2 aliphatic rings. The Morgan fingerprint density at radius 1 is 0.909 bits per heavy atom. The topological polar surface area (TPSA) is 46.2 Å². The van der Waals surface area contributed by atoms with Crippen LogP contribution in [-0.2, 0) is 23.4 Å². The van der Waals surface area contributed by atoms with Gasteiger partial charge >= 0.3 is 0 Å². The van der Waals surface area contributed by atoms with Gasteiger partial charge in [-0.25, -0.2) is 0 Å². The fourth-order valence-corrected chi connectivity index (χ4v) is 11.3. The van der Waals surface area contributed by atoms with Gasteiger partial charge in [-0.15, -0.1) is 12.0 Å². The van der Waals surface area contributed by atoms with E-state index in [4.69, 9.17) is 29.8 Å². The smallest absolute Gasteiger partial charge is 0.265 e. The van der Waals surface area contributed by atoms with Gasteiger partial charge in [0.05, 0.1) is 6.61 Å². The predicted octanol–water partition coefficient (Wildman–Crippen LogP) is 6.43. The van der Waals surface area contributed by atoms with E-state index in [1.54, 1.807) is 6.08 Å². The van der Waals surface area contributed by atoms with Crippen LogP contribution in [0.25, 0.3) is 0 Å². The minimum Gasteiger partial charge on any atom is -0.414 e. The predicted molar refractivity (Wildman–Crippen MR) is 184 cm³/mol. The van der Waals surface area contributed by atoms with E-state index < -0.39 is 52.4 Å². The zero-order valence-electron chi connectivity index (χ0n) is 28.2. The van der Waals surface area contributed by atoms with Crippen LogP contribution in [0.1, 0.15) is 55.4 Å². The van der Waals surface area contributed by atoms with Gasteiger partial charge < -0.3 is 23.4 Å². The highest BCUT2D eigenvalue weighted by molar-refractivity contribution is 7.10. The van der Waals surface area contributed by atoms with Crippen molar-refractivity contribution in [3.05, 3.63) is 73.3 Å². The van der Waals surface area contributed by atoms with Crippen molar-refractivity contribution in [3.63, 3.8) is 0 Å². The van der Waals surface area contributed by atoms with Gasteiger partial charge in [-0.2, -0.15) is 0 Å². The van der Waals surface area contributed by atoms with Crippen LogP contribution in [0.4, 0.5) is 0 Å². The maximum Gasteiger partial charge on any atom is 0.265 e. The summed E-state index contributed by atoms with van der Waals surface area (Å²) >= 11 is 0. The van der Waals surface area contributed by atoms with Crippen LogP contribution in [0, 0.1) is 23.8 Å². The standard InChI is InChI=1S/C37H50O5Si2/c1-13-28(25-26-44(35(6,7)8,29-21-17-15-18-22-29)30-23-19-16-20-24-30)39-37(14-2)33-32(41-36(9,10)42-33)31(40-37)27-38-43(11,12)34(3,4)5/h2,13,15-24,28,31-33H,1,27H2,3-12H3/t28?,31-,32-,33-,37-/m1/s1. The van der Waals surface area contributed by atoms with Gasteiger partial charge in [0.15, 0.2) is 20.2 Å². The quantitative estimate of drug-likeness (QED) is 0.191. The second-order valence-corrected chi connectivity index (χ2v) is 24.0. The number of benzene rings is 2. The molecule has 0 aromatic heterocycles. The molecule has 5 nitrogen and oxygen atoms in total. The minimum atomic E-state index is -2.69. The van der Waals surface area contributed by atoms with Gasteiger partial charge in [0.1, 0.15) is 18.3 Å². The van der Waals surface area contributed by atoms with Crippen molar-refractivity contribution in [2.45, 2.75) is 115 Å². The highest BCUT2D eigenvalue weighted by atomic mass is 28.4. The Labute approximate surface area is 267 Å². The van der Waals surface area contributed by atoms with Crippen LogP contribution >= 0.6 is 0 Å². The molecule has 0 spiro atoms. The maximum atomic E-state index is 6.64. The van der Waals surface area contributed by atoms with Crippen LogP contribution in [0.2, 0.25) is 23.2 Å². The number of rotatable bonds is 8. The van der Waals surface area contributed by atoms with Crippen molar-refractivity contribution >= 4 is 26.8 Å². The molecule has 0 saturated carbocycles. The molecule has 4 rings (SSSR count). The number of terminal acetylenes is 1. The molecule has 0 amide bonds. The molecule has 44 heavy (non-hydrogen) atoms. The Balaban J connectivity index is 1.73. The minimum absolute atomic E-state index is 0.0431. The lowest BCUT2D eigenvalue weighted by Gasteiger charge is -2.40. The van der Waals surface area contributed by atoms with Gasteiger partial charge in [0.2, 0.25) is 8.07 Å². The summed E-state index contributed by atoms with van der Waals surface area (Å²) in [6.07, 6.45) is 5.60. The first-order valence-electron chi connectivity index (χ1n) is 15.5. The molecule has 1 unspecified atom stereocenters. The maximum absolute atomic E-state index is 6.64. The van der Waals surface area contributed by atoms with Gasteiger partial charge in [0.25, 0.3) is 5.79 Å². The molecule has 0 bridgehead atoms. The lowest BCUT2D eigenvalue weighted by Crippen LogP contribution is -2.63. The first-order chi connectivity index (χ1) is 20.4. The monoisotopic (exact) mass is 630 g/mol. The van der Waals surface area contributed by atoms with Crippen LogP contribution in [0.3, 0.4) is 0 Å². The van der Waals surface area contributed by atoms with Crippen LogP contribution in [0.15, 0.2) is 73.3 Å². The fraction of sp³-hybridized carbons (Fsp3) is 0.514. The van der Waals surface area contributed by atoms with Gasteiger partial charge in [-0.3, -0.25) is 0 Å². The average molecular weight is 631 g/mol. The fourth-order valence-electron chi connectivity index (χ4n) is 5.84. The summed E-state index contributed by atoms with van der Waals surface area (Å²) in [7, 11) is -4.75. The second kappa shape index (κ2) is 12.4. The third-order valence-corrected chi connectivity index (χ3v) is 18.9. The van der Waals surface area contributed by atoms with Gasteiger partial charge in [0, 0.05) is 0 Å². The summed E-state index contributed by atoms with van der Waals surface area (Å²) in [4.78, 5) is 0. The van der Waals surface area contributed by atoms with Crippen molar-refractivity contribution < 1.29 is 23.4 Å². The van der Waals surface area contributed by atoms with Crippen molar-refractivity contribution in [2.75, 3.05) is 6.61 Å². The number of hydrogen-bond acceptors (Lipinski definition) is 5. The van der Waals surface area contributed by atoms with E-state index in [2.05, 4.69) is 127 Å². The highest BCUT2D eigenvalue weighted by Crippen LogP contribution is 2.46. The molecule has 2 aromatic carbocycles. The van der Waals surface area contributed by atoms with Crippen molar-refractivity contribution in [2.24, 2.45) is 0 Å². The second-order valence-electron chi connectivity index (χ2n) is 14.8. The van der Waals surface area contributed by atoms with Crippen molar-refractivity contribution in [1.82, 2.24) is 0 Å². The van der Waals surface area contributed by atoms with Crippen LogP contribution in [0.5, 0.6) is 0 Å². The summed E-state index contributed by atoms with van der Waals surface area (Å²) < 4.78 is 32.5. The lowest BCUT2D eigenvalue weighted by molar-refractivity contribution is -0.271. The Hall–Kier alpha value is -2.47. The molecule has 2 saturated heterocycles. The summed E-state index contributed by atoms with van der Waals surface area (Å²) in [6.45, 7) is 26.0. The van der Waals surface area contributed by atoms with E-state index in [0.29, 0.717) is 6.61 Å². The summed E-state index contributed by atoms with van der Waals surface area (Å²) in [5.74, 6) is 3.88. The van der Waals surface area contributed by atoms with E-state index in [9.17, 15) is 0 Å². The summed E-state index contributed by atoms with van der Waals surface area (Å²) in [5.41, 5.74) is 3.80. The van der Waals surface area contributed by atoms with E-state index >= 15 is 0 Å². The first kappa shape index (κ1) is 34.4. The third-order valence-electron chi connectivity index (χ3n) is 9.27. The largest absolute Gasteiger partial charge is 0.414 e. The molecule has 5 atom stereocenters. The molecule has 0 radical (unpaired) electrons. The van der Waals surface area contributed by atoms with Crippen molar-refractivity contribution in [3.8, 4) is 23.8 Å². The van der Waals surface area contributed by atoms with E-state index in [1.165, 1.54) is 10.4 Å².